The molecule has 0 saturated carbocycles. The minimum absolute atomic E-state index is 0.0373. The lowest BCUT2D eigenvalue weighted by Crippen LogP contribution is -2.30. The van der Waals surface area contributed by atoms with Crippen molar-refractivity contribution >= 4 is 10.0 Å². The third kappa shape index (κ3) is 4.72. The summed E-state index contributed by atoms with van der Waals surface area (Å²) < 4.78 is 56.9. The summed E-state index contributed by atoms with van der Waals surface area (Å²) in [6.45, 7) is 1.43. The number of hydrogen-bond donors (Lipinski definition) is 0. The smallest absolute Gasteiger partial charge is 0.247 e. The Labute approximate surface area is 167 Å². The summed E-state index contributed by atoms with van der Waals surface area (Å²) >= 11 is 0. The molecule has 0 fully saturated rings. The third-order valence-electron chi connectivity index (χ3n) is 4.14. The number of sulfonamides is 1. The summed E-state index contributed by atoms with van der Waals surface area (Å²) in [5.41, 5.74) is 0.591. The van der Waals surface area contributed by atoms with Gasteiger partial charge in [-0.1, -0.05) is 17.3 Å². The third-order valence-corrected chi connectivity index (χ3v) is 5.95. The average molecular weight is 421 g/mol. The van der Waals surface area contributed by atoms with E-state index in [2.05, 4.69) is 10.1 Å². The topological polar surface area (TPSA) is 94.8 Å². The lowest BCUT2D eigenvalue weighted by Gasteiger charge is -2.22. The minimum Gasteiger partial charge on any atom is -0.497 e. The predicted molar refractivity (Wildman–Crippen MR) is 101 cm³/mol. The SMILES string of the molecule is COc1ccc(OC)c(S(=O)(=O)N(Cc2ccc(F)cc2)Cc2nc(C)no2)c1. The quantitative estimate of drug-likeness (QED) is 0.552. The molecule has 3 aromatic rings. The van der Waals surface area contributed by atoms with Crippen LogP contribution >= 0.6 is 0 Å². The second-order valence-corrected chi connectivity index (χ2v) is 8.06. The Morgan fingerprint density at radius 1 is 1.07 bits per heavy atom. The van der Waals surface area contributed by atoms with E-state index in [-0.39, 0.29) is 29.6 Å². The molecule has 0 amide bonds. The fourth-order valence-corrected chi connectivity index (χ4v) is 4.25. The first-order chi connectivity index (χ1) is 13.8. The summed E-state index contributed by atoms with van der Waals surface area (Å²) in [6, 6.07) is 10.1. The van der Waals surface area contributed by atoms with Gasteiger partial charge in [-0.25, -0.2) is 12.8 Å². The van der Waals surface area contributed by atoms with Crippen LogP contribution in [0.2, 0.25) is 0 Å². The second kappa shape index (κ2) is 8.58. The molecule has 0 spiro atoms. The fraction of sp³-hybridized carbons (Fsp3) is 0.263. The van der Waals surface area contributed by atoms with Gasteiger partial charge < -0.3 is 14.0 Å². The van der Waals surface area contributed by atoms with Crippen LogP contribution in [0.5, 0.6) is 11.5 Å². The monoisotopic (exact) mass is 421 g/mol. The van der Waals surface area contributed by atoms with Crippen LogP contribution in [0.1, 0.15) is 17.3 Å². The molecule has 0 aliphatic rings. The van der Waals surface area contributed by atoms with E-state index in [9.17, 15) is 12.8 Å². The van der Waals surface area contributed by atoms with Crippen LogP contribution in [0.4, 0.5) is 4.39 Å². The highest BCUT2D eigenvalue weighted by Gasteiger charge is 2.30. The zero-order valence-electron chi connectivity index (χ0n) is 16.1. The van der Waals surface area contributed by atoms with Crippen LogP contribution < -0.4 is 9.47 Å². The molecule has 0 atom stereocenters. The number of aromatic nitrogens is 2. The zero-order valence-corrected chi connectivity index (χ0v) is 16.9. The molecule has 0 aliphatic heterocycles. The Bertz CT molecular complexity index is 1080. The van der Waals surface area contributed by atoms with Gasteiger partial charge >= 0.3 is 0 Å². The van der Waals surface area contributed by atoms with Crippen molar-refractivity contribution < 1.29 is 26.8 Å². The molecule has 29 heavy (non-hydrogen) atoms. The van der Waals surface area contributed by atoms with E-state index in [0.717, 1.165) is 4.31 Å². The fourth-order valence-electron chi connectivity index (χ4n) is 2.70. The first-order valence-corrected chi connectivity index (χ1v) is 10.0. The molecule has 0 N–H and O–H groups in total. The van der Waals surface area contributed by atoms with Crippen LogP contribution in [0, 0.1) is 12.7 Å². The van der Waals surface area contributed by atoms with E-state index in [1.165, 1.54) is 50.6 Å². The van der Waals surface area contributed by atoms with Crippen LogP contribution in [0.25, 0.3) is 0 Å². The molecular formula is C19H20FN3O5S. The van der Waals surface area contributed by atoms with E-state index in [1.54, 1.807) is 13.0 Å². The Hall–Kier alpha value is -2.98. The number of benzene rings is 2. The molecule has 10 heteroatoms. The Morgan fingerprint density at radius 2 is 1.79 bits per heavy atom. The van der Waals surface area contributed by atoms with Crippen molar-refractivity contribution in [3.63, 3.8) is 0 Å². The van der Waals surface area contributed by atoms with Gasteiger partial charge in [-0.3, -0.25) is 0 Å². The molecule has 1 aromatic heterocycles. The summed E-state index contributed by atoms with van der Waals surface area (Å²) in [5, 5.41) is 3.70. The molecule has 8 nitrogen and oxygen atoms in total. The van der Waals surface area contributed by atoms with Gasteiger partial charge in [0.2, 0.25) is 15.9 Å². The predicted octanol–water partition coefficient (Wildman–Crippen LogP) is 2.93. The molecule has 0 bridgehead atoms. The maximum Gasteiger partial charge on any atom is 0.247 e. The maximum absolute atomic E-state index is 13.5. The van der Waals surface area contributed by atoms with Crippen LogP contribution in [0.3, 0.4) is 0 Å². The molecule has 0 radical (unpaired) electrons. The molecule has 3 rings (SSSR count). The standard InChI is InChI=1S/C19H20FN3O5S/c1-13-21-19(28-22-13)12-23(11-14-4-6-15(20)7-5-14)29(24,25)18-10-16(26-2)8-9-17(18)27-3/h4-10H,11-12H2,1-3H3. The number of nitrogens with zero attached hydrogens (tertiary/aromatic N) is 3. The summed E-state index contributed by atoms with van der Waals surface area (Å²) in [4.78, 5) is 4.02. The van der Waals surface area contributed by atoms with Gasteiger partial charge in [0.15, 0.2) is 5.82 Å². The van der Waals surface area contributed by atoms with Crippen molar-refractivity contribution in [3.05, 3.63) is 65.6 Å². The molecule has 0 saturated heterocycles. The minimum atomic E-state index is -4.07. The van der Waals surface area contributed by atoms with E-state index < -0.39 is 15.8 Å². The summed E-state index contributed by atoms with van der Waals surface area (Å²) in [5.74, 6) is 0.634. The average Bonchev–Trinajstić information content (AvgIpc) is 3.13. The van der Waals surface area contributed by atoms with Crippen molar-refractivity contribution in [2.75, 3.05) is 14.2 Å². The highest BCUT2D eigenvalue weighted by atomic mass is 32.2. The van der Waals surface area contributed by atoms with Gasteiger partial charge in [-0.2, -0.15) is 9.29 Å². The molecule has 0 aliphatic carbocycles. The van der Waals surface area contributed by atoms with Gasteiger partial charge in [0.05, 0.1) is 20.8 Å². The number of ether oxygens (including phenoxy) is 2. The molecule has 2 aromatic carbocycles. The first kappa shape index (κ1) is 20.7. The summed E-state index contributed by atoms with van der Waals surface area (Å²) in [7, 11) is -1.25. The number of rotatable bonds is 8. The van der Waals surface area contributed by atoms with Gasteiger partial charge in [-0.05, 0) is 36.8 Å². The molecule has 154 valence electrons. The van der Waals surface area contributed by atoms with E-state index in [4.69, 9.17) is 14.0 Å². The summed E-state index contributed by atoms with van der Waals surface area (Å²) in [6.07, 6.45) is 0. The van der Waals surface area contributed by atoms with Gasteiger partial charge in [0.25, 0.3) is 0 Å². The van der Waals surface area contributed by atoms with Gasteiger partial charge in [0, 0.05) is 12.6 Å². The number of halogens is 1. The number of hydrogen-bond acceptors (Lipinski definition) is 7. The van der Waals surface area contributed by atoms with Gasteiger partial charge in [-0.15, -0.1) is 0 Å². The van der Waals surface area contributed by atoms with E-state index >= 15 is 0 Å². The Kier molecular flexibility index (Phi) is 6.14. The van der Waals surface area contributed by atoms with Crippen molar-refractivity contribution in [2.45, 2.75) is 24.9 Å². The van der Waals surface area contributed by atoms with Gasteiger partial charge in [0.1, 0.15) is 22.2 Å². The highest BCUT2D eigenvalue weighted by molar-refractivity contribution is 7.89. The molecule has 1 heterocycles. The normalized spacial score (nSPS) is 11.6. The first-order valence-electron chi connectivity index (χ1n) is 8.59. The van der Waals surface area contributed by atoms with Crippen molar-refractivity contribution in [3.8, 4) is 11.5 Å². The number of methoxy groups -OCH3 is 2. The van der Waals surface area contributed by atoms with Crippen LogP contribution in [-0.4, -0.2) is 37.1 Å². The van der Waals surface area contributed by atoms with E-state index in [1.807, 2.05) is 0 Å². The number of aryl methyl sites for hydroxylation is 1. The van der Waals surface area contributed by atoms with Crippen LogP contribution in [-0.2, 0) is 23.1 Å². The lowest BCUT2D eigenvalue weighted by molar-refractivity contribution is 0.309. The Balaban J connectivity index is 2.04. The van der Waals surface area contributed by atoms with Crippen LogP contribution in [0.15, 0.2) is 51.9 Å². The molecule has 0 unspecified atom stereocenters. The van der Waals surface area contributed by atoms with Crippen molar-refractivity contribution in [1.29, 1.82) is 0 Å². The van der Waals surface area contributed by atoms with Crippen molar-refractivity contribution in [1.82, 2.24) is 14.4 Å². The molecular weight excluding hydrogens is 401 g/mol. The Morgan fingerprint density at radius 3 is 2.38 bits per heavy atom. The highest BCUT2D eigenvalue weighted by Crippen LogP contribution is 2.32. The van der Waals surface area contributed by atoms with Crippen molar-refractivity contribution in [2.24, 2.45) is 0 Å². The maximum atomic E-state index is 13.5. The second-order valence-electron chi connectivity index (χ2n) is 6.15. The largest absolute Gasteiger partial charge is 0.497 e. The lowest BCUT2D eigenvalue weighted by atomic mass is 10.2. The van der Waals surface area contributed by atoms with E-state index in [0.29, 0.717) is 17.1 Å². The zero-order chi connectivity index (χ0) is 21.0.